The number of benzene rings is 1. The third-order valence-corrected chi connectivity index (χ3v) is 4.54. The van der Waals surface area contributed by atoms with Crippen LogP contribution in [-0.2, 0) is 4.74 Å². The molecule has 0 aliphatic carbocycles. The second-order valence-electron chi connectivity index (χ2n) is 5.59. The summed E-state index contributed by atoms with van der Waals surface area (Å²) >= 11 is 0. The van der Waals surface area contributed by atoms with E-state index in [0.29, 0.717) is 5.56 Å². The van der Waals surface area contributed by atoms with Gasteiger partial charge in [0.15, 0.2) is 0 Å². The Bertz CT molecular complexity index is 515. The summed E-state index contributed by atoms with van der Waals surface area (Å²) in [5.41, 5.74) is 0.732. The van der Waals surface area contributed by atoms with Crippen molar-refractivity contribution in [3.8, 4) is 0 Å². The van der Waals surface area contributed by atoms with Crippen LogP contribution in [0.15, 0.2) is 24.3 Å². The molecular weight excluding hydrogens is 260 g/mol. The Labute approximate surface area is 116 Å². The van der Waals surface area contributed by atoms with Crippen LogP contribution in [0.2, 0.25) is 0 Å². The number of aliphatic hydroxyl groups excluding tert-OH is 2. The van der Waals surface area contributed by atoms with Gasteiger partial charge in [-0.15, -0.1) is 0 Å². The van der Waals surface area contributed by atoms with E-state index in [1.165, 1.54) is 12.1 Å². The first-order chi connectivity index (χ1) is 9.61. The third-order valence-electron chi connectivity index (χ3n) is 4.54. The number of hydrogen-bond donors (Lipinski definition) is 3. The van der Waals surface area contributed by atoms with E-state index in [1.807, 2.05) is 0 Å². The molecule has 0 radical (unpaired) electrons. The second-order valence-corrected chi connectivity index (χ2v) is 5.59. The fourth-order valence-electron chi connectivity index (χ4n) is 3.57. The van der Waals surface area contributed by atoms with Crippen molar-refractivity contribution in [2.75, 3.05) is 6.61 Å². The van der Waals surface area contributed by atoms with Gasteiger partial charge in [0.2, 0.25) is 0 Å². The molecule has 2 bridgehead atoms. The van der Waals surface area contributed by atoms with Crippen LogP contribution in [0.25, 0.3) is 0 Å². The van der Waals surface area contributed by atoms with Crippen molar-refractivity contribution in [2.45, 2.75) is 31.2 Å². The maximum atomic E-state index is 11.0. The Morgan fingerprint density at radius 2 is 2.10 bits per heavy atom. The lowest BCUT2D eigenvalue weighted by Crippen LogP contribution is -2.34. The van der Waals surface area contributed by atoms with Gasteiger partial charge in [-0.2, -0.15) is 0 Å². The van der Waals surface area contributed by atoms with Gasteiger partial charge in [0.25, 0.3) is 0 Å². The fraction of sp³-hybridized carbons (Fsp3) is 0.533. The van der Waals surface area contributed by atoms with Crippen molar-refractivity contribution in [3.63, 3.8) is 0 Å². The van der Waals surface area contributed by atoms with Gasteiger partial charge in [-0.25, -0.2) is 4.79 Å². The van der Waals surface area contributed by atoms with E-state index in [0.717, 1.165) is 12.8 Å². The van der Waals surface area contributed by atoms with E-state index in [2.05, 4.69) is 0 Å². The highest BCUT2D eigenvalue weighted by atomic mass is 16.5. The number of carboxylic acids is 1. The van der Waals surface area contributed by atoms with Crippen molar-refractivity contribution in [2.24, 2.45) is 11.8 Å². The van der Waals surface area contributed by atoms with Crippen LogP contribution in [0.1, 0.15) is 34.9 Å². The van der Waals surface area contributed by atoms with Crippen molar-refractivity contribution >= 4 is 5.97 Å². The van der Waals surface area contributed by atoms with E-state index < -0.39 is 12.1 Å². The number of fused-ring (bicyclic) bond motifs is 2. The van der Waals surface area contributed by atoms with Gasteiger partial charge in [0, 0.05) is 18.4 Å². The standard InChI is InChI=1S/C15H18O5/c16-7-10-11-4-5-12(20-11)13(10)14(17)8-2-1-3-9(6-8)15(18)19/h1-3,6,10-14,16-17H,4-5,7H2,(H,18,19)/t10-,11-,12+,13-,14-/m1/s1. The number of hydrogen-bond acceptors (Lipinski definition) is 4. The van der Waals surface area contributed by atoms with Gasteiger partial charge in [0.05, 0.1) is 23.9 Å². The molecule has 20 heavy (non-hydrogen) atoms. The summed E-state index contributed by atoms with van der Waals surface area (Å²) in [7, 11) is 0. The predicted octanol–water partition coefficient (Wildman–Crippen LogP) is 1.20. The minimum Gasteiger partial charge on any atom is -0.478 e. The number of carbonyl (C=O) groups is 1. The quantitative estimate of drug-likeness (QED) is 0.770. The van der Waals surface area contributed by atoms with Crippen LogP contribution in [0.5, 0.6) is 0 Å². The zero-order valence-corrected chi connectivity index (χ0v) is 11.0. The summed E-state index contributed by atoms with van der Waals surface area (Å²) in [6, 6.07) is 6.34. The molecule has 0 amide bonds. The van der Waals surface area contributed by atoms with Gasteiger partial charge < -0.3 is 20.1 Å². The summed E-state index contributed by atoms with van der Waals surface area (Å²) in [4.78, 5) is 11.0. The SMILES string of the molecule is O=C(O)c1cccc([C@@H](O)[C@@H]2[C@H](CO)[C@H]3CC[C@@H]2O3)c1. The summed E-state index contributed by atoms with van der Waals surface area (Å²) in [5, 5.41) is 29.1. The average Bonchev–Trinajstić information content (AvgIpc) is 3.06. The van der Waals surface area contributed by atoms with Crippen molar-refractivity contribution < 1.29 is 24.9 Å². The van der Waals surface area contributed by atoms with Gasteiger partial charge in [-0.05, 0) is 30.5 Å². The molecule has 2 saturated heterocycles. The highest BCUT2D eigenvalue weighted by molar-refractivity contribution is 5.87. The van der Waals surface area contributed by atoms with E-state index in [1.54, 1.807) is 12.1 Å². The lowest BCUT2D eigenvalue weighted by molar-refractivity contribution is 0.0303. The van der Waals surface area contributed by atoms with E-state index in [-0.39, 0.29) is 36.2 Å². The Hall–Kier alpha value is -1.43. The van der Waals surface area contributed by atoms with Crippen molar-refractivity contribution in [3.05, 3.63) is 35.4 Å². The van der Waals surface area contributed by atoms with Crippen LogP contribution in [0.4, 0.5) is 0 Å². The molecule has 1 aromatic carbocycles. The Kier molecular flexibility index (Phi) is 3.50. The molecule has 5 heteroatoms. The highest BCUT2D eigenvalue weighted by Gasteiger charge is 2.51. The first kappa shape index (κ1) is 13.5. The summed E-state index contributed by atoms with van der Waals surface area (Å²) in [6.07, 6.45) is 0.991. The number of aromatic carboxylic acids is 1. The highest BCUT2D eigenvalue weighted by Crippen LogP contribution is 2.48. The topological polar surface area (TPSA) is 87.0 Å². The van der Waals surface area contributed by atoms with Gasteiger partial charge in [-0.3, -0.25) is 0 Å². The zero-order valence-electron chi connectivity index (χ0n) is 11.0. The van der Waals surface area contributed by atoms with Crippen LogP contribution in [0, 0.1) is 11.8 Å². The summed E-state index contributed by atoms with van der Waals surface area (Å²) < 4.78 is 5.77. The van der Waals surface area contributed by atoms with Crippen molar-refractivity contribution in [1.82, 2.24) is 0 Å². The number of rotatable bonds is 4. The minimum absolute atomic E-state index is 0.0124. The smallest absolute Gasteiger partial charge is 0.335 e. The first-order valence-electron chi connectivity index (χ1n) is 6.89. The normalized spacial score (nSPS) is 33.3. The molecule has 2 aliphatic rings. The summed E-state index contributed by atoms with van der Waals surface area (Å²) in [5.74, 6) is -1.25. The Morgan fingerprint density at radius 1 is 1.35 bits per heavy atom. The van der Waals surface area contributed by atoms with Crippen LogP contribution < -0.4 is 0 Å². The second kappa shape index (κ2) is 5.16. The number of ether oxygens (including phenoxy) is 1. The third kappa shape index (κ3) is 2.12. The average molecular weight is 278 g/mol. The van der Waals surface area contributed by atoms with Crippen molar-refractivity contribution in [1.29, 1.82) is 0 Å². The zero-order chi connectivity index (χ0) is 14.3. The van der Waals surface area contributed by atoms with Gasteiger partial charge in [-0.1, -0.05) is 12.1 Å². The van der Waals surface area contributed by atoms with Crippen LogP contribution >= 0.6 is 0 Å². The molecule has 5 nitrogen and oxygen atoms in total. The molecule has 0 unspecified atom stereocenters. The lowest BCUT2D eigenvalue weighted by atomic mass is 9.75. The predicted molar refractivity (Wildman–Crippen MR) is 70.3 cm³/mol. The molecule has 2 fully saturated rings. The molecule has 3 N–H and O–H groups in total. The molecular formula is C15H18O5. The molecule has 1 aromatic rings. The van der Waals surface area contributed by atoms with E-state index >= 15 is 0 Å². The summed E-state index contributed by atoms with van der Waals surface area (Å²) in [6.45, 7) is -0.0124. The maximum Gasteiger partial charge on any atom is 0.335 e. The molecule has 0 saturated carbocycles. The molecule has 5 atom stereocenters. The number of aliphatic hydroxyl groups is 2. The number of carboxylic acid groups (broad SMARTS) is 1. The Morgan fingerprint density at radius 3 is 2.80 bits per heavy atom. The van der Waals surface area contributed by atoms with Gasteiger partial charge in [0.1, 0.15) is 0 Å². The van der Waals surface area contributed by atoms with Crippen LogP contribution in [-0.4, -0.2) is 40.1 Å². The molecule has 2 aliphatic heterocycles. The molecule has 0 aromatic heterocycles. The molecule has 3 rings (SSSR count). The molecule has 0 spiro atoms. The first-order valence-corrected chi connectivity index (χ1v) is 6.89. The van der Waals surface area contributed by atoms with E-state index in [4.69, 9.17) is 9.84 Å². The lowest BCUT2D eigenvalue weighted by Gasteiger charge is -2.30. The fourth-order valence-corrected chi connectivity index (χ4v) is 3.57. The maximum absolute atomic E-state index is 11.0. The molecule has 2 heterocycles. The van der Waals surface area contributed by atoms with Crippen LogP contribution in [0.3, 0.4) is 0 Å². The monoisotopic (exact) mass is 278 g/mol. The molecule has 108 valence electrons. The Balaban J connectivity index is 1.86. The minimum atomic E-state index is -1.01. The van der Waals surface area contributed by atoms with E-state index in [9.17, 15) is 15.0 Å². The largest absolute Gasteiger partial charge is 0.478 e. The van der Waals surface area contributed by atoms with Gasteiger partial charge >= 0.3 is 5.97 Å².